The first-order chi connectivity index (χ1) is 19.9. The van der Waals surface area contributed by atoms with Crippen molar-refractivity contribution in [1.82, 2.24) is 20.1 Å². The predicted molar refractivity (Wildman–Crippen MR) is 163 cm³/mol. The number of carbonyl (C=O) groups is 1. The van der Waals surface area contributed by atoms with Crippen molar-refractivity contribution in [2.75, 3.05) is 19.6 Å². The zero-order chi connectivity index (χ0) is 30.3. The number of amides is 1. The Balaban J connectivity index is 1.40. The highest BCUT2D eigenvalue weighted by atomic mass is 32.1. The molecular weight excluding hydrogens is 557 g/mol. The normalized spacial score (nSPS) is 16.6. The van der Waals surface area contributed by atoms with Gasteiger partial charge in [-0.2, -0.15) is 13.2 Å². The Hall–Kier alpha value is -2.75. The van der Waals surface area contributed by atoms with E-state index in [1.54, 1.807) is 11.4 Å². The lowest BCUT2D eigenvalue weighted by atomic mass is 9.87. The number of likely N-dealkylation sites (tertiary alicyclic amines) is 1. The summed E-state index contributed by atoms with van der Waals surface area (Å²) >= 11 is 1.40. The molecule has 1 saturated heterocycles. The van der Waals surface area contributed by atoms with Crippen molar-refractivity contribution in [2.45, 2.75) is 90.6 Å². The number of aromatic nitrogens is 1. The van der Waals surface area contributed by atoms with Gasteiger partial charge in [-0.3, -0.25) is 9.69 Å². The summed E-state index contributed by atoms with van der Waals surface area (Å²) in [7, 11) is 0. The summed E-state index contributed by atoms with van der Waals surface area (Å²) in [5.41, 5.74) is 2.62. The monoisotopic (exact) mass is 600 g/mol. The van der Waals surface area contributed by atoms with Gasteiger partial charge in [-0.25, -0.2) is 4.98 Å². The van der Waals surface area contributed by atoms with Crippen LogP contribution in [0.5, 0.6) is 0 Å². The molecule has 1 amide bonds. The third-order valence-electron chi connectivity index (χ3n) is 7.88. The molecule has 1 aliphatic rings. The molecule has 1 aliphatic heterocycles. The number of carbonyl (C=O) groups excluding carboxylic acids is 1. The van der Waals surface area contributed by atoms with Gasteiger partial charge in [0.05, 0.1) is 12.1 Å². The molecule has 2 aromatic carbocycles. The molecule has 0 aliphatic carbocycles. The fraction of sp³-hybridized carbons (Fsp3) is 0.515. The maximum atomic E-state index is 13.4. The van der Waals surface area contributed by atoms with Crippen molar-refractivity contribution in [1.29, 1.82) is 0 Å². The number of benzene rings is 2. The van der Waals surface area contributed by atoms with E-state index >= 15 is 0 Å². The highest BCUT2D eigenvalue weighted by Crippen LogP contribution is 2.30. The molecule has 1 N–H and O–H groups in total. The molecule has 0 radical (unpaired) electrons. The first-order valence-electron chi connectivity index (χ1n) is 14.8. The van der Waals surface area contributed by atoms with Gasteiger partial charge in [0.1, 0.15) is 10.7 Å². The maximum Gasteiger partial charge on any atom is 0.416 e. The standard InChI is InChI=1S/C33H43F3N4OS/c1-24-9-5-6-17-40(24)18-8-16-37-31(41)29-23-42-30(38-29)22-39(20-25-12-14-27(15-13-25)32(2,3)4)21-26-10-7-11-28(19-26)33(34,35)36/h7,10-15,19,23-24H,5-6,8-9,16-18,20-22H2,1-4H3,(H,37,41). The van der Waals surface area contributed by atoms with Gasteiger partial charge >= 0.3 is 6.18 Å². The zero-order valence-electron chi connectivity index (χ0n) is 25.1. The van der Waals surface area contributed by atoms with E-state index in [1.807, 2.05) is 0 Å². The summed E-state index contributed by atoms with van der Waals surface area (Å²) in [4.78, 5) is 21.9. The summed E-state index contributed by atoms with van der Waals surface area (Å²) in [6.45, 7) is 12.7. The number of hydrogen-bond acceptors (Lipinski definition) is 5. The molecule has 1 unspecified atom stereocenters. The van der Waals surface area contributed by atoms with Gasteiger partial charge in [0.15, 0.2) is 0 Å². The third-order valence-corrected chi connectivity index (χ3v) is 8.71. The molecule has 5 nitrogen and oxygen atoms in total. The van der Waals surface area contributed by atoms with Crippen molar-refractivity contribution in [3.8, 4) is 0 Å². The Morgan fingerprint density at radius 3 is 2.45 bits per heavy atom. The van der Waals surface area contributed by atoms with Crippen molar-refractivity contribution >= 4 is 17.2 Å². The van der Waals surface area contributed by atoms with Crippen LogP contribution in [0.25, 0.3) is 0 Å². The molecule has 3 aromatic rings. The number of alkyl halides is 3. The molecule has 1 fully saturated rings. The fourth-order valence-electron chi connectivity index (χ4n) is 5.38. The summed E-state index contributed by atoms with van der Waals surface area (Å²) < 4.78 is 40.1. The van der Waals surface area contributed by atoms with Crippen molar-refractivity contribution in [3.05, 3.63) is 86.9 Å². The van der Waals surface area contributed by atoms with Gasteiger partial charge in [0.25, 0.3) is 5.91 Å². The smallest absolute Gasteiger partial charge is 0.351 e. The molecule has 2 heterocycles. The Labute approximate surface area is 252 Å². The second-order valence-electron chi connectivity index (χ2n) is 12.4. The van der Waals surface area contributed by atoms with Crippen LogP contribution >= 0.6 is 11.3 Å². The van der Waals surface area contributed by atoms with Crippen LogP contribution in [0.15, 0.2) is 53.9 Å². The van der Waals surface area contributed by atoms with Crippen LogP contribution in [0.3, 0.4) is 0 Å². The van der Waals surface area contributed by atoms with Crippen LogP contribution in [0.4, 0.5) is 13.2 Å². The number of piperidine rings is 1. The maximum absolute atomic E-state index is 13.4. The highest BCUT2D eigenvalue weighted by Gasteiger charge is 2.30. The van der Waals surface area contributed by atoms with Gasteiger partial charge in [-0.15, -0.1) is 11.3 Å². The molecule has 0 bridgehead atoms. The lowest BCUT2D eigenvalue weighted by molar-refractivity contribution is -0.137. The molecule has 0 spiro atoms. The van der Waals surface area contributed by atoms with Crippen molar-refractivity contribution in [2.24, 2.45) is 0 Å². The number of rotatable bonds is 11. The second-order valence-corrected chi connectivity index (χ2v) is 13.3. The van der Waals surface area contributed by atoms with E-state index in [0.717, 1.165) is 36.1 Å². The van der Waals surface area contributed by atoms with Gasteiger partial charge in [-0.05, 0) is 60.9 Å². The Kier molecular flexibility index (Phi) is 10.8. The zero-order valence-corrected chi connectivity index (χ0v) is 26.0. The quantitative estimate of drug-likeness (QED) is 0.230. The van der Waals surface area contributed by atoms with Crippen LogP contribution in [-0.2, 0) is 31.2 Å². The molecule has 1 aromatic heterocycles. The summed E-state index contributed by atoms with van der Waals surface area (Å²) in [6, 6.07) is 14.4. The highest BCUT2D eigenvalue weighted by molar-refractivity contribution is 7.09. The molecule has 9 heteroatoms. The lowest BCUT2D eigenvalue weighted by Gasteiger charge is -2.33. The average molecular weight is 601 g/mol. The van der Waals surface area contributed by atoms with Crippen LogP contribution in [0.1, 0.15) is 91.1 Å². The first kappa shape index (κ1) is 32.2. The number of hydrogen-bond donors (Lipinski definition) is 1. The molecule has 42 heavy (non-hydrogen) atoms. The molecule has 228 valence electrons. The largest absolute Gasteiger partial charge is 0.416 e. The minimum atomic E-state index is -4.40. The van der Waals surface area contributed by atoms with E-state index in [0.29, 0.717) is 43.5 Å². The Morgan fingerprint density at radius 1 is 1.02 bits per heavy atom. The van der Waals surface area contributed by atoms with Gasteiger partial charge in [0, 0.05) is 37.6 Å². The number of nitrogens with zero attached hydrogens (tertiary/aromatic N) is 3. The van der Waals surface area contributed by atoms with Crippen LogP contribution < -0.4 is 5.32 Å². The Bertz CT molecular complexity index is 1300. The SMILES string of the molecule is CC1CCCCN1CCCNC(=O)c1csc(CN(Cc2ccc(C(C)(C)C)cc2)Cc2cccc(C(F)(F)F)c2)n1. The molecule has 1 atom stereocenters. The fourth-order valence-corrected chi connectivity index (χ4v) is 6.20. The van der Waals surface area contributed by atoms with E-state index in [1.165, 1.54) is 48.3 Å². The van der Waals surface area contributed by atoms with Crippen molar-refractivity contribution < 1.29 is 18.0 Å². The summed E-state index contributed by atoms with van der Waals surface area (Å²) in [5, 5.41) is 5.51. The summed E-state index contributed by atoms with van der Waals surface area (Å²) in [5.74, 6) is -0.189. The van der Waals surface area contributed by atoms with Gasteiger partial charge in [-0.1, -0.05) is 69.7 Å². The van der Waals surface area contributed by atoms with E-state index < -0.39 is 11.7 Å². The first-order valence-corrected chi connectivity index (χ1v) is 15.7. The second kappa shape index (κ2) is 14.1. The van der Waals surface area contributed by atoms with Crippen LogP contribution in [0.2, 0.25) is 0 Å². The van der Waals surface area contributed by atoms with E-state index in [-0.39, 0.29) is 11.3 Å². The third kappa shape index (κ3) is 9.38. The topological polar surface area (TPSA) is 48.5 Å². The Morgan fingerprint density at radius 2 is 1.76 bits per heavy atom. The van der Waals surface area contributed by atoms with Gasteiger partial charge < -0.3 is 10.2 Å². The molecular formula is C33H43F3N4OS. The average Bonchev–Trinajstić information content (AvgIpc) is 3.40. The van der Waals surface area contributed by atoms with Gasteiger partial charge in [0.2, 0.25) is 0 Å². The predicted octanol–water partition coefficient (Wildman–Crippen LogP) is 7.66. The lowest BCUT2D eigenvalue weighted by Crippen LogP contribution is -2.39. The molecule has 4 rings (SSSR count). The number of nitrogens with one attached hydrogen (secondary N) is 1. The van der Waals surface area contributed by atoms with Crippen LogP contribution in [-0.4, -0.2) is 46.4 Å². The van der Waals surface area contributed by atoms with E-state index in [9.17, 15) is 18.0 Å². The minimum absolute atomic E-state index is 0.0279. The van der Waals surface area contributed by atoms with Crippen LogP contribution in [0, 0.1) is 0 Å². The van der Waals surface area contributed by atoms with E-state index in [2.05, 4.69) is 72.1 Å². The number of thiazole rings is 1. The minimum Gasteiger partial charge on any atom is -0.351 e. The summed E-state index contributed by atoms with van der Waals surface area (Å²) in [6.07, 6.45) is 0.271. The van der Waals surface area contributed by atoms with Crippen molar-refractivity contribution in [3.63, 3.8) is 0 Å². The number of halogens is 3. The molecule has 0 saturated carbocycles. The van der Waals surface area contributed by atoms with E-state index in [4.69, 9.17) is 0 Å².